The number of carbonyl (C=O) groups is 2. The van der Waals surface area contributed by atoms with E-state index in [1.54, 1.807) is 6.07 Å². The molecule has 1 heterocycles. The Balaban J connectivity index is 1.91. The molecule has 2 aromatic carbocycles. The molecule has 0 aliphatic carbocycles. The predicted molar refractivity (Wildman–Crippen MR) is 115 cm³/mol. The van der Waals surface area contributed by atoms with Crippen LogP contribution in [-0.4, -0.2) is 16.8 Å². The van der Waals surface area contributed by atoms with Gasteiger partial charge in [0.05, 0.1) is 17.1 Å². The third kappa shape index (κ3) is 4.28. The Morgan fingerprint density at radius 2 is 1.57 bits per heavy atom. The fraction of sp³-hybridized carbons (Fsp3) is 0.227. The van der Waals surface area contributed by atoms with Crippen LogP contribution in [0.3, 0.4) is 0 Å². The van der Waals surface area contributed by atoms with Crippen molar-refractivity contribution in [3.05, 3.63) is 63.7 Å². The molecule has 0 aliphatic heterocycles. The van der Waals surface area contributed by atoms with Crippen LogP contribution < -0.4 is 10.6 Å². The first kappa shape index (κ1) is 19.8. The number of carbonyl (C=O) groups excluding carboxylic acids is 2. The van der Waals surface area contributed by atoms with Crippen molar-refractivity contribution >= 4 is 34.5 Å². The van der Waals surface area contributed by atoms with Gasteiger partial charge in [0.2, 0.25) is 5.91 Å². The smallest absolute Gasteiger partial charge is 0.267 e. The van der Waals surface area contributed by atoms with Gasteiger partial charge >= 0.3 is 0 Å². The summed E-state index contributed by atoms with van der Waals surface area (Å²) in [5, 5.41) is 6.49. The maximum Gasteiger partial charge on any atom is 0.267 e. The molecular weight excluding hydrogens is 370 g/mol. The molecule has 0 aliphatic rings. The van der Waals surface area contributed by atoms with Crippen LogP contribution in [0, 0.1) is 27.7 Å². The van der Waals surface area contributed by atoms with Gasteiger partial charge in [-0.25, -0.2) is 4.98 Å². The SMILES string of the molecule is CC(=O)Nc1ccc(C)cc1NC(=O)c1sc(-c2ccc(C)cc2C)nc1C. The Morgan fingerprint density at radius 3 is 2.25 bits per heavy atom. The van der Waals surface area contributed by atoms with Crippen LogP contribution in [0.4, 0.5) is 11.4 Å². The number of rotatable bonds is 4. The van der Waals surface area contributed by atoms with Gasteiger partial charge in [-0.3, -0.25) is 9.59 Å². The highest BCUT2D eigenvalue weighted by molar-refractivity contribution is 7.17. The van der Waals surface area contributed by atoms with Gasteiger partial charge < -0.3 is 10.6 Å². The molecule has 3 aromatic rings. The van der Waals surface area contributed by atoms with Crippen molar-refractivity contribution in [2.24, 2.45) is 0 Å². The van der Waals surface area contributed by atoms with E-state index < -0.39 is 0 Å². The molecule has 0 fully saturated rings. The van der Waals surface area contributed by atoms with Gasteiger partial charge in [0.25, 0.3) is 5.91 Å². The second kappa shape index (κ2) is 7.94. The molecule has 0 saturated carbocycles. The third-order valence-corrected chi connectivity index (χ3v) is 5.54. The van der Waals surface area contributed by atoms with Crippen LogP contribution in [0.2, 0.25) is 0 Å². The maximum atomic E-state index is 12.9. The molecule has 0 spiro atoms. The van der Waals surface area contributed by atoms with Gasteiger partial charge in [-0.05, 0) is 51.0 Å². The first-order valence-corrected chi connectivity index (χ1v) is 9.81. The highest BCUT2D eigenvalue weighted by Crippen LogP contribution is 2.32. The summed E-state index contributed by atoms with van der Waals surface area (Å²) in [6.07, 6.45) is 0. The number of benzene rings is 2. The zero-order valence-electron chi connectivity index (χ0n) is 16.6. The molecule has 2 N–H and O–H groups in total. The lowest BCUT2D eigenvalue weighted by Gasteiger charge is -2.12. The van der Waals surface area contributed by atoms with Gasteiger partial charge in [0, 0.05) is 12.5 Å². The quantitative estimate of drug-likeness (QED) is 0.635. The highest BCUT2D eigenvalue weighted by atomic mass is 32.1. The summed E-state index contributed by atoms with van der Waals surface area (Å²) in [6.45, 7) is 9.31. The monoisotopic (exact) mass is 393 g/mol. The van der Waals surface area contributed by atoms with Gasteiger partial charge in [0.1, 0.15) is 9.88 Å². The van der Waals surface area contributed by atoms with Crippen molar-refractivity contribution in [3.8, 4) is 10.6 Å². The van der Waals surface area contributed by atoms with Gasteiger partial charge in [-0.2, -0.15) is 0 Å². The molecule has 6 heteroatoms. The minimum atomic E-state index is -0.233. The fourth-order valence-corrected chi connectivity index (χ4v) is 4.07. The molecular formula is C22H23N3O2S. The molecule has 0 radical (unpaired) electrons. The largest absolute Gasteiger partial charge is 0.325 e. The third-order valence-electron chi connectivity index (χ3n) is 4.35. The second-order valence-corrected chi connectivity index (χ2v) is 7.94. The zero-order valence-corrected chi connectivity index (χ0v) is 17.5. The average molecular weight is 394 g/mol. The minimum absolute atomic E-state index is 0.189. The summed E-state index contributed by atoms with van der Waals surface area (Å²) in [5.74, 6) is -0.423. The van der Waals surface area contributed by atoms with E-state index in [2.05, 4.69) is 28.6 Å². The topological polar surface area (TPSA) is 71.1 Å². The summed E-state index contributed by atoms with van der Waals surface area (Å²) in [4.78, 5) is 29.5. The lowest BCUT2D eigenvalue weighted by atomic mass is 10.1. The summed E-state index contributed by atoms with van der Waals surface area (Å²) in [6, 6.07) is 11.7. The standard InChI is InChI=1S/C22H23N3O2S/c1-12-6-8-17(14(3)10-12)22-23-15(4)20(28-22)21(27)25-19-11-13(2)7-9-18(19)24-16(5)26/h6-11H,1-5H3,(H,24,26)(H,25,27). The maximum absolute atomic E-state index is 12.9. The van der Waals surface area contributed by atoms with Crippen molar-refractivity contribution in [3.63, 3.8) is 0 Å². The number of aromatic nitrogens is 1. The number of hydrogen-bond acceptors (Lipinski definition) is 4. The van der Waals surface area contributed by atoms with E-state index in [-0.39, 0.29) is 11.8 Å². The predicted octanol–water partition coefficient (Wildman–Crippen LogP) is 5.25. The number of aryl methyl sites for hydroxylation is 4. The number of thiazole rings is 1. The van der Waals surface area contributed by atoms with Crippen molar-refractivity contribution in [2.75, 3.05) is 10.6 Å². The van der Waals surface area contributed by atoms with E-state index in [0.29, 0.717) is 21.9 Å². The Kier molecular flexibility index (Phi) is 5.61. The Hall–Kier alpha value is -2.99. The van der Waals surface area contributed by atoms with E-state index in [1.165, 1.54) is 23.8 Å². The van der Waals surface area contributed by atoms with Crippen LogP contribution in [0.1, 0.15) is 39.0 Å². The average Bonchev–Trinajstić information content (AvgIpc) is 2.98. The number of anilines is 2. The lowest BCUT2D eigenvalue weighted by molar-refractivity contribution is -0.114. The normalized spacial score (nSPS) is 10.6. The molecule has 5 nitrogen and oxygen atoms in total. The van der Waals surface area contributed by atoms with Crippen molar-refractivity contribution in [2.45, 2.75) is 34.6 Å². The molecule has 1 aromatic heterocycles. The van der Waals surface area contributed by atoms with Crippen molar-refractivity contribution < 1.29 is 9.59 Å². The summed E-state index contributed by atoms with van der Waals surface area (Å²) in [5.41, 5.74) is 6.17. The van der Waals surface area contributed by atoms with E-state index >= 15 is 0 Å². The van der Waals surface area contributed by atoms with Gasteiger partial charge in [-0.15, -0.1) is 11.3 Å². The summed E-state index contributed by atoms with van der Waals surface area (Å²) in [7, 11) is 0. The van der Waals surface area contributed by atoms with E-state index in [0.717, 1.165) is 21.7 Å². The lowest BCUT2D eigenvalue weighted by Crippen LogP contribution is -2.15. The van der Waals surface area contributed by atoms with E-state index in [9.17, 15) is 9.59 Å². The first-order valence-electron chi connectivity index (χ1n) is 8.99. The van der Waals surface area contributed by atoms with Crippen LogP contribution in [-0.2, 0) is 4.79 Å². The molecule has 144 valence electrons. The van der Waals surface area contributed by atoms with Crippen LogP contribution in [0.15, 0.2) is 36.4 Å². The molecule has 3 rings (SSSR count). The number of amides is 2. The number of nitrogens with zero attached hydrogens (tertiary/aromatic N) is 1. The molecule has 2 amide bonds. The molecule has 0 atom stereocenters. The van der Waals surface area contributed by atoms with Crippen LogP contribution >= 0.6 is 11.3 Å². The van der Waals surface area contributed by atoms with Crippen LogP contribution in [0.5, 0.6) is 0 Å². The number of hydrogen-bond donors (Lipinski definition) is 2. The van der Waals surface area contributed by atoms with E-state index in [1.807, 2.05) is 45.0 Å². The molecule has 28 heavy (non-hydrogen) atoms. The summed E-state index contributed by atoms with van der Waals surface area (Å²) >= 11 is 1.37. The Bertz CT molecular complexity index is 1070. The minimum Gasteiger partial charge on any atom is -0.325 e. The van der Waals surface area contributed by atoms with Crippen LogP contribution in [0.25, 0.3) is 10.6 Å². The highest BCUT2D eigenvalue weighted by Gasteiger charge is 2.18. The Morgan fingerprint density at radius 1 is 0.893 bits per heavy atom. The van der Waals surface area contributed by atoms with Crippen molar-refractivity contribution in [1.82, 2.24) is 4.98 Å². The molecule has 0 saturated heterocycles. The van der Waals surface area contributed by atoms with E-state index in [4.69, 9.17) is 0 Å². The molecule has 0 unspecified atom stereocenters. The van der Waals surface area contributed by atoms with Gasteiger partial charge in [0.15, 0.2) is 0 Å². The number of nitrogens with one attached hydrogen (secondary N) is 2. The van der Waals surface area contributed by atoms with Gasteiger partial charge in [-0.1, -0.05) is 29.8 Å². The fourth-order valence-electron chi connectivity index (χ4n) is 3.02. The molecule has 0 bridgehead atoms. The second-order valence-electron chi connectivity index (χ2n) is 6.94. The zero-order chi connectivity index (χ0) is 20.4. The summed E-state index contributed by atoms with van der Waals surface area (Å²) < 4.78 is 0. The Labute approximate surface area is 168 Å². The first-order chi connectivity index (χ1) is 13.2. The van der Waals surface area contributed by atoms with Crippen molar-refractivity contribution in [1.29, 1.82) is 0 Å².